The zero-order chi connectivity index (χ0) is 15.5. The molecule has 7 nitrogen and oxygen atoms in total. The highest BCUT2D eigenvalue weighted by molar-refractivity contribution is 5.92. The molecule has 2 rings (SSSR count). The average Bonchev–Trinajstić information content (AvgIpc) is 2.95. The lowest BCUT2D eigenvalue weighted by Crippen LogP contribution is -2.55. The molecule has 0 unspecified atom stereocenters. The van der Waals surface area contributed by atoms with Crippen molar-refractivity contribution in [2.24, 2.45) is 0 Å². The minimum absolute atomic E-state index is 0.143. The average molecular weight is 292 g/mol. The summed E-state index contributed by atoms with van der Waals surface area (Å²) in [4.78, 5) is 16.1. The molecule has 1 aromatic rings. The van der Waals surface area contributed by atoms with Crippen molar-refractivity contribution in [1.29, 1.82) is 5.26 Å². The van der Waals surface area contributed by atoms with Crippen LogP contribution in [0, 0.1) is 11.3 Å². The monoisotopic (exact) mass is 292 g/mol. The summed E-state index contributed by atoms with van der Waals surface area (Å²) in [5.41, 5.74) is -0.204. The lowest BCUT2D eigenvalue weighted by atomic mass is 10.0. The van der Waals surface area contributed by atoms with E-state index in [-0.39, 0.29) is 5.91 Å². The molecule has 0 aromatic carbocycles. The number of piperazine rings is 1. The molecule has 1 aliphatic heterocycles. The number of carbonyl (C=O) groups is 1. The van der Waals surface area contributed by atoms with Gasteiger partial charge in [-0.1, -0.05) is 5.16 Å². The molecule has 0 bridgehead atoms. The smallest absolute Gasteiger partial charge is 0.276 e. The summed E-state index contributed by atoms with van der Waals surface area (Å²) in [6.45, 7) is 6.58. The molecular weight excluding hydrogens is 272 g/mol. The summed E-state index contributed by atoms with van der Waals surface area (Å²) < 4.78 is 9.97. The van der Waals surface area contributed by atoms with Crippen LogP contribution in [-0.2, 0) is 11.3 Å². The predicted molar refractivity (Wildman–Crippen MR) is 74.4 cm³/mol. The van der Waals surface area contributed by atoms with Crippen LogP contribution in [0.2, 0.25) is 0 Å². The molecule has 0 N–H and O–H groups in total. The first-order chi connectivity index (χ1) is 9.97. The molecular formula is C14H20N4O3. The quantitative estimate of drug-likeness (QED) is 0.819. The third kappa shape index (κ3) is 3.40. The van der Waals surface area contributed by atoms with E-state index in [0.29, 0.717) is 44.2 Å². The van der Waals surface area contributed by atoms with Crippen molar-refractivity contribution < 1.29 is 14.1 Å². The van der Waals surface area contributed by atoms with Crippen LogP contribution >= 0.6 is 0 Å². The normalized spacial score (nSPS) is 16.8. The maximum atomic E-state index is 12.3. The van der Waals surface area contributed by atoms with Crippen LogP contribution in [0.5, 0.6) is 0 Å². The Morgan fingerprint density at radius 1 is 1.48 bits per heavy atom. The Kier molecular flexibility index (Phi) is 4.60. The third-order valence-corrected chi connectivity index (χ3v) is 3.70. The number of methoxy groups -OCH3 is 1. The van der Waals surface area contributed by atoms with Gasteiger partial charge in [0.05, 0.1) is 6.07 Å². The van der Waals surface area contributed by atoms with E-state index in [1.165, 1.54) is 0 Å². The minimum Gasteiger partial charge on any atom is -0.377 e. The van der Waals surface area contributed by atoms with Gasteiger partial charge in [0.1, 0.15) is 12.1 Å². The molecule has 2 heterocycles. The van der Waals surface area contributed by atoms with Crippen molar-refractivity contribution in [3.8, 4) is 6.07 Å². The van der Waals surface area contributed by atoms with Crippen molar-refractivity contribution in [2.75, 3.05) is 33.3 Å². The van der Waals surface area contributed by atoms with Crippen molar-refractivity contribution in [2.45, 2.75) is 26.0 Å². The SMILES string of the molecule is COCc1cc(C(=O)N2CCN(C(C)(C)C#N)CC2)no1. The Morgan fingerprint density at radius 2 is 2.14 bits per heavy atom. The van der Waals surface area contributed by atoms with Gasteiger partial charge in [0.2, 0.25) is 0 Å². The van der Waals surface area contributed by atoms with Crippen LogP contribution in [0.25, 0.3) is 0 Å². The summed E-state index contributed by atoms with van der Waals surface area (Å²) in [5, 5.41) is 12.9. The van der Waals surface area contributed by atoms with Crippen LogP contribution in [0.15, 0.2) is 10.6 Å². The molecule has 1 amide bonds. The number of aromatic nitrogens is 1. The number of rotatable bonds is 4. The molecule has 1 aromatic heterocycles. The minimum atomic E-state index is -0.505. The van der Waals surface area contributed by atoms with Gasteiger partial charge in [0.15, 0.2) is 11.5 Å². The molecule has 1 saturated heterocycles. The lowest BCUT2D eigenvalue weighted by molar-refractivity contribution is 0.0512. The van der Waals surface area contributed by atoms with Crippen LogP contribution in [-0.4, -0.2) is 59.7 Å². The van der Waals surface area contributed by atoms with Crippen molar-refractivity contribution in [3.05, 3.63) is 17.5 Å². The Morgan fingerprint density at radius 3 is 2.71 bits per heavy atom. The third-order valence-electron chi connectivity index (χ3n) is 3.70. The first kappa shape index (κ1) is 15.5. The van der Waals surface area contributed by atoms with E-state index in [9.17, 15) is 4.79 Å². The highest BCUT2D eigenvalue weighted by Gasteiger charge is 2.32. The van der Waals surface area contributed by atoms with E-state index in [2.05, 4.69) is 16.1 Å². The van der Waals surface area contributed by atoms with Crippen molar-refractivity contribution >= 4 is 5.91 Å². The molecule has 1 aliphatic rings. The van der Waals surface area contributed by atoms with Gasteiger partial charge in [-0.15, -0.1) is 0 Å². The fourth-order valence-electron chi connectivity index (χ4n) is 2.33. The first-order valence-electron chi connectivity index (χ1n) is 6.88. The Bertz CT molecular complexity index is 539. The summed E-state index contributed by atoms with van der Waals surface area (Å²) >= 11 is 0. The van der Waals surface area contributed by atoms with E-state index >= 15 is 0 Å². The molecule has 0 aliphatic carbocycles. The van der Waals surface area contributed by atoms with Gasteiger partial charge in [0.25, 0.3) is 5.91 Å². The van der Waals surface area contributed by atoms with E-state index in [1.54, 1.807) is 18.1 Å². The summed E-state index contributed by atoms with van der Waals surface area (Å²) in [6, 6.07) is 3.89. The Hall–Kier alpha value is -1.91. The number of carbonyl (C=O) groups excluding carboxylic acids is 1. The fraction of sp³-hybridized carbons (Fsp3) is 0.643. The van der Waals surface area contributed by atoms with E-state index < -0.39 is 5.54 Å². The van der Waals surface area contributed by atoms with Gasteiger partial charge in [0, 0.05) is 39.4 Å². The number of hydrogen-bond donors (Lipinski definition) is 0. The second kappa shape index (κ2) is 6.24. The van der Waals surface area contributed by atoms with Crippen LogP contribution in [0.4, 0.5) is 0 Å². The predicted octanol–water partition coefficient (Wildman–Crippen LogP) is 0.881. The van der Waals surface area contributed by atoms with Crippen molar-refractivity contribution in [1.82, 2.24) is 15.0 Å². The summed E-state index contributed by atoms with van der Waals surface area (Å²) in [5.74, 6) is 0.389. The molecule has 1 fully saturated rings. The summed E-state index contributed by atoms with van der Waals surface area (Å²) in [6.07, 6.45) is 0. The van der Waals surface area contributed by atoms with Gasteiger partial charge in [-0.25, -0.2) is 0 Å². The highest BCUT2D eigenvalue weighted by atomic mass is 16.5. The first-order valence-corrected chi connectivity index (χ1v) is 6.88. The van der Waals surface area contributed by atoms with Gasteiger partial charge in [-0.2, -0.15) is 5.26 Å². The number of ether oxygens (including phenoxy) is 1. The van der Waals surface area contributed by atoms with Gasteiger partial charge < -0.3 is 14.2 Å². The van der Waals surface area contributed by atoms with Crippen LogP contribution in [0.1, 0.15) is 30.1 Å². The van der Waals surface area contributed by atoms with Gasteiger partial charge in [-0.3, -0.25) is 9.69 Å². The molecule has 0 radical (unpaired) electrons. The van der Waals surface area contributed by atoms with E-state index in [4.69, 9.17) is 14.5 Å². The number of nitrogens with zero attached hydrogens (tertiary/aromatic N) is 4. The molecule has 0 spiro atoms. The molecule has 0 atom stereocenters. The topological polar surface area (TPSA) is 82.6 Å². The number of hydrogen-bond acceptors (Lipinski definition) is 6. The van der Waals surface area contributed by atoms with Gasteiger partial charge >= 0.3 is 0 Å². The Labute approximate surface area is 124 Å². The molecule has 21 heavy (non-hydrogen) atoms. The zero-order valence-corrected chi connectivity index (χ0v) is 12.6. The van der Waals surface area contributed by atoms with Crippen LogP contribution < -0.4 is 0 Å². The maximum Gasteiger partial charge on any atom is 0.276 e. The molecule has 114 valence electrons. The second-order valence-electron chi connectivity index (χ2n) is 5.56. The molecule has 0 saturated carbocycles. The van der Waals surface area contributed by atoms with Gasteiger partial charge in [-0.05, 0) is 13.8 Å². The Balaban J connectivity index is 1.95. The lowest BCUT2D eigenvalue weighted by Gasteiger charge is -2.40. The zero-order valence-electron chi connectivity index (χ0n) is 12.6. The largest absolute Gasteiger partial charge is 0.377 e. The number of amides is 1. The summed E-state index contributed by atoms with van der Waals surface area (Å²) in [7, 11) is 1.56. The standard InChI is InChI=1S/C14H20N4O3/c1-14(2,10-15)18-6-4-17(5-7-18)13(19)12-8-11(9-20-3)21-16-12/h8H,4-7,9H2,1-3H3. The second-order valence-corrected chi connectivity index (χ2v) is 5.56. The van der Waals surface area contributed by atoms with Crippen molar-refractivity contribution in [3.63, 3.8) is 0 Å². The molecule has 7 heteroatoms. The fourth-order valence-corrected chi connectivity index (χ4v) is 2.33. The highest BCUT2D eigenvalue weighted by Crippen LogP contribution is 2.17. The van der Waals surface area contributed by atoms with E-state index in [1.807, 2.05) is 13.8 Å². The number of nitriles is 1. The van der Waals surface area contributed by atoms with Crippen LogP contribution in [0.3, 0.4) is 0 Å². The maximum absolute atomic E-state index is 12.3. The van der Waals surface area contributed by atoms with E-state index in [0.717, 1.165) is 0 Å².